The monoisotopic (exact) mass is 344 g/mol. The quantitative estimate of drug-likeness (QED) is 0.344. The average Bonchev–Trinajstić information content (AvgIpc) is 2.46. The first kappa shape index (κ1) is 17.2. The number of nitriles is 1. The van der Waals surface area contributed by atoms with Crippen molar-refractivity contribution in [1.82, 2.24) is 3.71 Å². The maximum atomic E-state index is 11.2. The molecule has 0 amide bonds. The molecule has 0 bridgehead atoms. The average molecular weight is 344 g/mol. The minimum absolute atomic E-state index is 0.0631. The van der Waals surface area contributed by atoms with Crippen molar-refractivity contribution in [2.24, 2.45) is 0 Å². The van der Waals surface area contributed by atoms with Crippen molar-refractivity contribution in [3.05, 3.63) is 43.5 Å². The Hall–Kier alpha value is -1.90. The van der Waals surface area contributed by atoms with E-state index >= 15 is 0 Å². The number of thiocarbonyl (C=S) groups is 1. The van der Waals surface area contributed by atoms with Crippen LogP contribution < -0.4 is 0 Å². The van der Waals surface area contributed by atoms with Crippen molar-refractivity contribution in [1.29, 1.82) is 5.26 Å². The fourth-order valence-corrected chi connectivity index (χ4v) is 3.28. The molecule has 1 aromatic rings. The molecule has 0 N–H and O–H groups in total. The van der Waals surface area contributed by atoms with Crippen LogP contribution in [-0.4, -0.2) is 31.1 Å². The van der Waals surface area contributed by atoms with Gasteiger partial charge in [-0.1, -0.05) is 12.2 Å². The number of nitro groups is 2. The smallest absolute Gasteiger partial charge is 0.258 e. The van der Waals surface area contributed by atoms with Gasteiger partial charge in [0.05, 0.1) is 21.5 Å². The molecule has 0 saturated heterocycles. The lowest BCUT2D eigenvalue weighted by Gasteiger charge is -2.19. The topological polar surface area (TPSA) is 113 Å². The summed E-state index contributed by atoms with van der Waals surface area (Å²) in [5.74, 6) is 0. The molecular weight excluding hydrogens is 336 g/mol. The van der Waals surface area contributed by atoms with E-state index in [4.69, 9.17) is 17.5 Å². The predicted molar refractivity (Wildman–Crippen MR) is 85.0 cm³/mol. The van der Waals surface area contributed by atoms with Crippen LogP contribution in [0.25, 0.3) is 0 Å². The number of hydrogen-bond donors (Lipinski definition) is 0. The highest BCUT2D eigenvalue weighted by Gasteiger charge is 2.29. The molecule has 21 heavy (non-hydrogen) atoms. The van der Waals surface area contributed by atoms with Crippen molar-refractivity contribution in [3.63, 3.8) is 0 Å². The van der Waals surface area contributed by atoms with Gasteiger partial charge in [-0.15, -0.1) is 0 Å². The molecule has 1 rings (SSSR count). The summed E-state index contributed by atoms with van der Waals surface area (Å²) in [6, 6.07) is 3.51. The largest absolute Gasteiger partial charge is 0.287 e. The van der Waals surface area contributed by atoms with Crippen LogP contribution in [0.4, 0.5) is 11.4 Å². The first-order chi connectivity index (χ1) is 9.87. The third-order valence-electron chi connectivity index (χ3n) is 2.34. The lowest BCUT2D eigenvalue weighted by Crippen LogP contribution is -2.18. The minimum atomic E-state index is -0.790. The Balaban J connectivity index is 3.63. The maximum Gasteiger partial charge on any atom is 0.287 e. The molecule has 0 heterocycles. The highest BCUT2D eigenvalue weighted by atomic mass is 32.2. The van der Waals surface area contributed by atoms with Crippen LogP contribution in [0.5, 0.6) is 0 Å². The van der Waals surface area contributed by atoms with E-state index in [-0.39, 0.29) is 16.1 Å². The third kappa shape index (κ3) is 3.60. The fourth-order valence-electron chi connectivity index (χ4n) is 1.51. The Bertz CT molecular complexity index is 654. The van der Waals surface area contributed by atoms with Crippen LogP contribution in [0.15, 0.2) is 12.1 Å². The van der Waals surface area contributed by atoms with Crippen molar-refractivity contribution in [2.45, 2.75) is 0 Å². The summed E-state index contributed by atoms with van der Waals surface area (Å²) in [6.45, 7) is 0. The second-order valence-electron chi connectivity index (χ2n) is 3.44. The zero-order valence-corrected chi connectivity index (χ0v) is 13.3. The SMILES string of the molecule is CSN(SC)C(=S)c1c(C#N)cc([N+](=O)[O-])cc1[N+](=O)[O-]. The van der Waals surface area contributed by atoms with Crippen LogP contribution in [0.2, 0.25) is 0 Å². The summed E-state index contributed by atoms with van der Waals surface area (Å²) in [5.41, 5.74) is -1.37. The van der Waals surface area contributed by atoms with E-state index in [1.54, 1.807) is 18.6 Å². The molecule has 0 radical (unpaired) electrons. The number of nitrogens with zero attached hydrogens (tertiary/aromatic N) is 4. The standard InChI is InChI=1S/C10H8N4O4S3/c1-20-14(21-2)10(19)9-6(5-11)3-7(12(15)16)4-8(9)13(17)18/h3-4H,1-2H3. The molecule has 0 spiro atoms. The molecule has 0 aromatic heterocycles. The molecular formula is C10H8N4O4S3. The summed E-state index contributed by atoms with van der Waals surface area (Å²) in [6.07, 6.45) is 3.43. The van der Waals surface area contributed by atoms with Crippen LogP contribution in [0.1, 0.15) is 11.1 Å². The lowest BCUT2D eigenvalue weighted by atomic mass is 10.1. The van der Waals surface area contributed by atoms with Gasteiger partial charge in [0.2, 0.25) is 0 Å². The van der Waals surface area contributed by atoms with E-state index < -0.39 is 21.2 Å². The van der Waals surface area contributed by atoms with Gasteiger partial charge in [0.1, 0.15) is 16.6 Å². The van der Waals surface area contributed by atoms with Gasteiger partial charge in [0.25, 0.3) is 11.4 Å². The molecule has 0 unspecified atom stereocenters. The highest BCUT2D eigenvalue weighted by molar-refractivity contribution is 8.13. The Labute approximate surface area is 133 Å². The van der Waals surface area contributed by atoms with Gasteiger partial charge in [-0.05, 0) is 23.9 Å². The fraction of sp³-hybridized carbons (Fsp3) is 0.200. The van der Waals surface area contributed by atoms with Crippen LogP contribution >= 0.6 is 36.1 Å². The van der Waals surface area contributed by atoms with E-state index in [1.165, 1.54) is 27.6 Å². The highest BCUT2D eigenvalue weighted by Crippen LogP contribution is 2.32. The van der Waals surface area contributed by atoms with Crippen molar-refractivity contribution < 1.29 is 9.85 Å². The molecule has 110 valence electrons. The van der Waals surface area contributed by atoms with Crippen LogP contribution in [-0.2, 0) is 0 Å². The zero-order valence-electron chi connectivity index (χ0n) is 10.8. The third-order valence-corrected chi connectivity index (χ3v) is 4.88. The molecule has 0 aliphatic heterocycles. The van der Waals surface area contributed by atoms with Gasteiger partial charge in [-0.2, -0.15) is 5.26 Å². The lowest BCUT2D eigenvalue weighted by molar-refractivity contribution is -0.394. The Morgan fingerprint density at radius 3 is 2.24 bits per heavy atom. The summed E-state index contributed by atoms with van der Waals surface area (Å²) >= 11 is 7.59. The Morgan fingerprint density at radius 2 is 1.86 bits per heavy atom. The number of hydrogen-bond acceptors (Lipinski definition) is 8. The molecule has 0 fully saturated rings. The van der Waals surface area contributed by atoms with Gasteiger partial charge in [-0.3, -0.25) is 20.2 Å². The van der Waals surface area contributed by atoms with Crippen LogP contribution in [0.3, 0.4) is 0 Å². The van der Waals surface area contributed by atoms with Crippen molar-refractivity contribution >= 4 is 52.5 Å². The second kappa shape index (κ2) is 7.21. The number of benzene rings is 1. The predicted octanol–water partition coefficient (Wildman–Crippen LogP) is 2.91. The van der Waals surface area contributed by atoms with E-state index in [2.05, 4.69) is 0 Å². The van der Waals surface area contributed by atoms with Gasteiger partial charge >= 0.3 is 0 Å². The number of nitro benzene ring substituents is 2. The molecule has 0 atom stereocenters. The van der Waals surface area contributed by atoms with Gasteiger partial charge < -0.3 is 0 Å². The molecule has 0 aliphatic carbocycles. The molecule has 8 nitrogen and oxygen atoms in total. The number of non-ortho nitro benzene ring substituents is 1. The van der Waals surface area contributed by atoms with Gasteiger partial charge in [0.15, 0.2) is 0 Å². The Kier molecular flexibility index (Phi) is 5.89. The molecule has 11 heteroatoms. The summed E-state index contributed by atoms with van der Waals surface area (Å²) in [4.78, 5) is 20.4. The maximum absolute atomic E-state index is 11.2. The first-order valence-electron chi connectivity index (χ1n) is 5.17. The number of rotatable bonds is 5. The molecule has 0 aliphatic rings. The van der Waals surface area contributed by atoms with Crippen molar-refractivity contribution in [2.75, 3.05) is 12.5 Å². The summed E-state index contributed by atoms with van der Waals surface area (Å²) < 4.78 is 1.50. The zero-order chi connectivity index (χ0) is 16.2. The van der Waals surface area contributed by atoms with Crippen molar-refractivity contribution in [3.8, 4) is 6.07 Å². The van der Waals surface area contributed by atoms with E-state index in [9.17, 15) is 20.2 Å². The Morgan fingerprint density at radius 1 is 1.29 bits per heavy atom. The summed E-state index contributed by atoms with van der Waals surface area (Å²) in [5, 5.41) is 31.1. The molecule has 0 saturated carbocycles. The normalized spacial score (nSPS) is 9.76. The van der Waals surface area contributed by atoms with E-state index in [1.807, 2.05) is 0 Å². The minimum Gasteiger partial charge on any atom is -0.258 e. The molecule has 1 aromatic carbocycles. The van der Waals surface area contributed by atoms with E-state index in [0.29, 0.717) is 0 Å². The first-order valence-corrected chi connectivity index (χ1v) is 7.94. The second-order valence-corrected chi connectivity index (χ2v) is 5.52. The van der Waals surface area contributed by atoms with Crippen LogP contribution in [0, 0.1) is 31.6 Å². The van der Waals surface area contributed by atoms with E-state index in [0.717, 1.165) is 12.1 Å². The summed E-state index contributed by atoms with van der Waals surface area (Å²) in [7, 11) is 0. The van der Waals surface area contributed by atoms with Gasteiger partial charge in [-0.25, -0.2) is 3.71 Å². The van der Waals surface area contributed by atoms with Gasteiger partial charge in [0, 0.05) is 18.6 Å².